The minimum absolute atomic E-state index is 0.0137. The molecular formula is C25H23BrN2O2. The van der Waals surface area contributed by atoms with Gasteiger partial charge in [0.1, 0.15) is 0 Å². The third-order valence-corrected chi connectivity index (χ3v) is 6.00. The van der Waals surface area contributed by atoms with Crippen molar-refractivity contribution >= 4 is 39.0 Å². The second-order valence-electron chi connectivity index (χ2n) is 7.65. The van der Waals surface area contributed by atoms with Gasteiger partial charge in [0, 0.05) is 39.9 Å². The maximum absolute atomic E-state index is 12.6. The summed E-state index contributed by atoms with van der Waals surface area (Å²) < 4.78 is 0.981. The molecule has 0 saturated carbocycles. The SMILES string of the molecule is CC(=O)N1c2ccc(Br)cc2[C@H](Nc2ccc(C(=O)c3ccccc3)cc2)C[C@@H]1C. The van der Waals surface area contributed by atoms with E-state index in [0.29, 0.717) is 11.1 Å². The molecule has 5 heteroatoms. The number of nitrogens with zero attached hydrogens (tertiary/aromatic N) is 1. The molecule has 1 N–H and O–H groups in total. The molecule has 1 aliphatic rings. The number of hydrogen-bond donors (Lipinski definition) is 1. The Morgan fingerprint density at radius 1 is 0.967 bits per heavy atom. The van der Waals surface area contributed by atoms with Crippen LogP contribution in [0.15, 0.2) is 77.3 Å². The van der Waals surface area contributed by atoms with E-state index in [1.807, 2.05) is 71.6 Å². The molecule has 1 amide bonds. The Bertz CT molecular complexity index is 1080. The Balaban J connectivity index is 1.58. The first kappa shape index (κ1) is 20.4. The van der Waals surface area contributed by atoms with E-state index in [0.717, 1.165) is 27.8 Å². The van der Waals surface area contributed by atoms with Crippen LogP contribution < -0.4 is 10.2 Å². The summed E-state index contributed by atoms with van der Waals surface area (Å²) >= 11 is 3.55. The Hall–Kier alpha value is -2.92. The number of carbonyl (C=O) groups is 2. The Labute approximate surface area is 185 Å². The molecule has 0 aromatic heterocycles. The molecule has 30 heavy (non-hydrogen) atoms. The fourth-order valence-corrected chi connectivity index (χ4v) is 4.51. The van der Waals surface area contributed by atoms with Crippen LogP contribution in [0.2, 0.25) is 0 Å². The zero-order valence-corrected chi connectivity index (χ0v) is 18.5. The largest absolute Gasteiger partial charge is 0.378 e. The molecule has 4 rings (SSSR count). The number of ketones is 1. The van der Waals surface area contributed by atoms with Crippen LogP contribution in [-0.4, -0.2) is 17.7 Å². The molecule has 0 fully saturated rings. The quantitative estimate of drug-likeness (QED) is 0.485. The van der Waals surface area contributed by atoms with Gasteiger partial charge in [-0.05, 0) is 61.4 Å². The topological polar surface area (TPSA) is 49.4 Å². The van der Waals surface area contributed by atoms with E-state index in [9.17, 15) is 9.59 Å². The molecule has 0 aliphatic carbocycles. The number of anilines is 2. The summed E-state index contributed by atoms with van der Waals surface area (Å²) in [7, 11) is 0. The van der Waals surface area contributed by atoms with Gasteiger partial charge in [-0.15, -0.1) is 0 Å². The van der Waals surface area contributed by atoms with Gasteiger partial charge in [-0.1, -0.05) is 46.3 Å². The number of carbonyl (C=O) groups excluding carboxylic acids is 2. The lowest BCUT2D eigenvalue weighted by atomic mass is 9.91. The van der Waals surface area contributed by atoms with Crippen molar-refractivity contribution in [3.8, 4) is 0 Å². The molecule has 0 unspecified atom stereocenters. The average Bonchev–Trinajstić information content (AvgIpc) is 2.74. The van der Waals surface area contributed by atoms with Gasteiger partial charge in [0.15, 0.2) is 5.78 Å². The number of benzene rings is 3. The van der Waals surface area contributed by atoms with Crippen LogP contribution in [-0.2, 0) is 4.79 Å². The van der Waals surface area contributed by atoms with Gasteiger partial charge < -0.3 is 10.2 Å². The highest BCUT2D eigenvalue weighted by Crippen LogP contribution is 2.40. The van der Waals surface area contributed by atoms with Gasteiger partial charge in [-0.25, -0.2) is 0 Å². The maximum Gasteiger partial charge on any atom is 0.224 e. The fourth-order valence-electron chi connectivity index (χ4n) is 4.13. The molecule has 0 bridgehead atoms. The lowest BCUT2D eigenvalue weighted by Crippen LogP contribution is -2.43. The second-order valence-corrected chi connectivity index (χ2v) is 8.56. The van der Waals surface area contributed by atoms with Crippen molar-refractivity contribution < 1.29 is 9.59 Å². The maximum atomic E-state index is 12.6. The fraction of sp³-hybridized carbons (Fsp3) is 0.200. The van der Waals surface area contributed by atoms with Crippen molar-refractivity contribution in [1.82, 2.24) is 0 Å². The van der Waals surface area contributed by atoms with Crippen molar-refractivity contribution in [2.24, 2.45) is 0 Å². The van der Waals surface area contributed by atoms with Gasteiger partial charge in [0.25, 0.3) is 0 Å². The molecule has 0 saturated heterocycles. The molecule has 3 aromatic rings. The first-order valence-corrected chi connectivity index (χ1v) is 10.8. The van der Waals surface area contributed by atoms with Crippen molar-refractivity contribution in [3.63, 3.8) is 0 Å². The summed E-state index contributed by atoms with van der Waals surface area (Å²) in [6, 6.07) is 23.1. The highest BCUT2D eigenvalue weighted by molar-refractivity contribution is 9.10. The third kappa shape index (κ3) is 4.03. The number of hydrogen-bond acceptors (Lipinski definition) is 3. The zero-order valence-electron chi connectivity index (χ0n) is 16.9. The van der Waals surface area contributed by atoms with E-state index in [4.69, 9.17) is 0 Å². The van der Waals surface area contributed by atoms with Crippen LogP contribution in [0.4, 0.5) is 11.4 Å². The van der Waals surface area contributed by atoms with E-state index >= 15 is 0 Å². The first-order chi connectivity index (χ1) is 14.4. The molecule has 0 radical (unpaired) electrons. The van der Waals surface area contributed by atoms with Crippen molar-refractivity contribution in [1.29, 1.82) is 0 Å². The molecule has 1 aliphatic heterocycles. The molecule has 0 spiro atoms. The molecule has 1 heterocycles. The predicted molar refractivity (Wildman–Crippen MR) is 124 cm³/mol. The van der Waals surface area contributed by atoms with Gasteiger partial charge in [-0.2, -0.15) is 0 Å². The van der Waals surface area contributed by atoms with E-state index in [1.54, 1.807) is 6.92 Å². The summed E-state index contributed by atoms with van der Waals surface area (Å²) in [4.78, 5) is 26.7. The minimum Gasteiger partial charge on any atom is -0.378 e. The number of halogens is 1. The van der Waals surface area contributed by atoms with Crippen molar-refractivity contribution in [2.45, 2.75) is 32.4 Å². The van der Waals surface area contributed by atoms with Crippen LogP contribution in [0.5, 0.6) is 0 Å². The molecule has 4 nitrogen and oxygen atoms in total. The number of nitrogens with one attached hydrogen (secondary N) is 1. The minimum atomic E-state index is 0.0137. The smallest absolute Gasteiger partial charge is 0.224 e. The Morgan fingerprint density at radius 2 is 1.63 bits per heavy atom. The van der Waals surface area contributed by atoms with Gasteiger partial charge in [-0.3, -0.25) is 9.59 Å². The summed E-state index contributed by atoms with van der Waals surface area (Å²) in [5.74, 6) is 0.0631. The van der Waals surface area contributed by atoms with Crippen LogP contribution in [0, 0.1) is 0 Å². The van der Waals surface area contributed by atoms with Gasteiger partial charge >= 0.3 is 0 Å². The summed E-state index contributed by atoms with van der Waals surface area (Å²) in [6.45, 7) is 3.68. The molecule has 152 valence electrons. The molecule has 2 atom stereocenters. The summed E-state index contributed by atoms with van der Waals surface area (Å²) in [5.41, 5.74) is 4.32. The number of amides is 1. The lowest BCUT2D eigenvalue weighted by Gasteiger charge is -2.39. The predicted octanol–water partition coefficient (Wildman–Crippen LogP) is 5.98. The van der Waals surface area contributed by atoms with Crippen LogP contribution in [0.3, 0.4) is 0 Å². The Kier molecular flexibility index (Phi) is 5.73. The lowest BCUT2D eigenvalue weighted by molar-refractivity contribution is -0.117. The highest BCUT2D eigenvalue weighted by Gasteiger charge is 2.32. The Morgan fingerprint density at radius 3 is 2.30 bits per heavy atom. The highest BCUT2D eigenvalue weighted by atomic mass is 79.9. The van der Waals surface area contributed by atoms with E-state index in [1.165, 1.54) is 0 Å². The van der Waals surface area contributed by atoms with Crippen LogP contribution >= 0.6 is 15.9 Å². The second kappa shape index (κ2) is 8.44. The monoisotopic (exact) mass is 462 g/mol. The van der Waals surface area contributed by atoms with E-state index in [2.05, 4.69) is 34.2 Å². The van der Waals surface area contributed by atoms with Gasteiger partial charge in [0.2, 0.25) is 5.91 Å². The number of rotatable bonds is 4. The standard InChI is InChI=1S/C25H23BrN2O2/c1-16-14-23(22-15-20(26)10-13-24(22)28(16)17(2)29)27-21-11-8-19(9-12-21)25(30)18-6-4-3-5-7-18/h3-13,15-16,23,27H,14H2,1-2H3/t16-,23+/m0/s1. The first-order valence-electron chi connectivity index (χ1n) is 9.99. The number of fused-ring (bicyclic) bond motifs is 1. The zero-order chi connectivity index (χ0) is 21.3. The van der Waals surface area contributed by atoms with Crippen LogP contribution in [0.25, 0.3) is 0 Å². The molecular weight excluding hydrogens is 440 g/mol. The normalized spacial score (nSPS) is 17.9. The van der Waals surface area contributed by atoms with E-state index in [-0.39, 0.29) is 23.8 Å². The van der Waals surface area contributed by atoms with E-state index < -0.39 is 0 Å². The summed E-state index contributed by atoms with van der Waals surface area (Å²) in [5, 5.41) is 3.59. The van der Waals surface area contributed by atoms with Gasteiger partial charge in [0.05, 0.1) is 6.04 Å². The summed E-state index contributed by atoms with van der Waals surface area (Å²) in [6.07, 6.45) is 0.799. The average molecular weight is 463 g/mol. The van der Waals surface area contributed by atoms with Crippen molar-refractivity contribution in [3.05, 3.63) is 94.0 Å². The van der Waals surface area contributed by atoms with Crippen molar-refractivity contribution in [2.75, 3.05) is 10.2 Å². The third-order valence-electron chi connectivity index (χ3n) is 5.51. The molecule has 3 aromatic carbocycles. The van der Waals surface area contributed by atoms with Crippen LogP contribution in [0.1, 0.15) is 47.8 Å².